The standard InChI is InChI=1S/C9H12ClNO/c1-2-3-9(12)8-5-4-7(10)6-11-8/h4-6,9,12H,2-3H2,1H3. The van der Waals surface area contributed by atoms with Crippen LogP contribution in [0.25, 0.3) is 0 Å². The Labute approximate surface area is 77.2 Å². The number of aliphatic hydroxyl groups excluding tert-OH is 1. The number of hydrogen-bond acceptors (Lipinski definition) is 2. The first-order valence-corrected chi connectivity index (χ1v) is 4.41. The van der Waals surface area contributed by atoms with Gasteiger partial charge in [-0.2, -0.15) is 0 Å². The van der Waals surface area contributed by atoms with Crippen LogP contribution < -0.4 is 0 Å². The molecule has 1 heterocycles. The maximum absolute atomic E-state index is 9.51. The van der Waals surface area contributed by atoms with Gasteiger partial charge in [0.2, 0.25) is 0 Å². The number of pyridine rings is 1. The summed E-state index contributed by atoms with van der Waals surface area (Å²) in [4.78, 5) is 4.01. The lowest BCUT2D eigenvalue weighted by Gasteiger charge is -2.07. The van der Waals surface area contributed by atoms with Crippen molar-refractivity contribution in [3.05, 3.63) is 29.0 Å². The van der Waals surface area contributed by atoms with Crippen molar-refractivity contribution in [1.29, 1.82) is 0 Å². The highest BCUT2D eigenvalue weighted by molar-refractivity contribution is 6.30. The van der Waals surface area contributed by atoms with E-state index in [0.29, 0.717) is 10.7 Å². The van der Waals surface area contributed by atoms with Gasteiger partial charge in [-0.1, -0.05) is 24.9 Å². The molecule has 0 aromatic carbocycles. The van der Waals surface area contributed by atoms with Gasteiger partial charge in [0.1, 0.15) is 0 Å². The van der Waals surface area contributed by atoms with Crippen LogP contribution in [0, 0.1) is 0 Å². The van der Waals surface area contributed by atoms with E-state index in [2.05, 4.69) is 4.98 Å². The zero-order chi connectivity index (χ0) is 8.97. The van der Waals surface area contributed by atoms with E-state index in [9.17, 15) is 5.11 Å². The topological polar surface area (TPSA) is 33.1 Å². The quantitative estimate of drug-likeness (QED) is 0.785. The molecule has 0 aliphatic rings. The maximum Gasteiger partial charge on any atom is 0.0959 e. The van der Waals surface area contributed by atoms with E-state index in [4.69, 9.17) is 11.6 Å². The SMILES string of the molecule is CCCC(O)c1ccc(Cl)cn1. The lowest BCUT2D eigenvalue weighted by atomic mass is 10.1. The zero-order valence-electron chi connectivity index (χ0n) is 7.00. The Bertz CT molecular complexity index is 235. The summed E-state index contributed by atoms with van der Waals surface area (Å²) in [5.74, 6) is 0. The lowest BCUT2D eigenvalue weighted by molar-refractivity contribution is 0.162. The first kappa shape index (κ1) is 9.49. The van der Waals surface area contributed by atoms with E-state index in [1.807, 2.05) is 6.92 Å². The van der Waals surface area contributed by atoms with Crippen molar-refractivity contribution in [2.75, 3.05) is 0 Å². The highest BCUT2D eigenvalue weighted by Crippen LogP contribution is 2.16. The second-order valence-corrected chi connectivity index (χ2v) is 3.14. The van der Waals surface area contributed by atoms with E-state index >= 15 is 0 Å². The number of nitrogens with zero attached hydrogens (tertiary/aromatic N) is 1. The van der Waals surface area contributed by atoms with Crippen LogP contribution in [0.1, 0.15) is 31.6 Å². The lowest BCUT2D eigenvalue weighted by Crippen LogP contribution is -1.98. The summed E-state index contributed by atoms with van der Waals surface area (Å²) in [5, 5.41) is 10.1. The molecule has 0 saturated heterocycles. The van der Waals surface area contributed by atoms with Crippen LogP contribution in [-0.4, -0.2) is 10.1 Å². The fourth-order valence-electron chi connectivity index (χ4n) is 1.01. The minimum atomic E-state index is -0.452. The molecule has 12 heavy (non-hydrogen) atoms. The molecule has 2 nitrogen and oxygen atoms in total. The van der Waals surface area contributed by atoms with Crippen LogP contribution in [0.5, 0.6) is 0 Å². The third-order valence-electron chi connectivity index (χ3n) is 1.65. The average Bonchev–Trinajstić information content (AvgIpc) is 2.06. The van der Waals surface area contributed by atoms with Gasteiger partial charge in [-0.15, -0.1) is 0 Å². The number of aliphatic hydroxyl groups is 1. The molecule has 1 N–H and O–H groups in total. The van der Waals surface area contributed by atoms with E-state index in [0.717, 1.165) is 12.8 Å². The molecule has 66 valence electrons. The van der Waals surface area contributed by atoms with Gasteiger partial charge in [-0.25, -0.2) is 0 Å². The van der Waals surface area contributed by atoms with Crippen LogP contribution in [-0.2, 0) is 0 Å². The summed E-state index contributed by atoms with van der Waals surface area (Å²) < 4.78 is 0. The molecule has 1 aromatic rings. The van der Waals surface area contributed by atoms with Crippen molar-refractivity contribution in [3.8, 4) is 0 Å². The van der Waals surface area contributed by atoms with Gasteiger partial charge >= 0.3 is 0 Å². The molecular weight excluding hydrogens is 174 g/mol. The average molecular weight is 186 g/mol. The first-order chi connectivity index (χ1) is 5.74. The fraction of sp³-hybridized carbons (Fsp3) is 0.444. The van der Waals surface area contributed by atoms with Crippen molar-refractivity contribution in [3.63, 3.8) is 0 Å². The second kappa shape index (κ2) is 4.43. The highest BCUT2D eigenvalue weighted by atomic mass is 35.5. The molecule has 0 saturated carbocycles. The van der Waals surface area contributed by atoms with E-state index in [1.165, 1.54) is 0 Å². The van der Waals surface area contributed by atoms with E-state index in [-0.39, 0.29) is 0 Å². The molecule has 0 bridgehead atoms. The van der Waals surface area contributed by atoms with Gasteiger partial charge in [0.05, 0.1) is 16.8 Å². The van der Waals surface area contributed by atoms with Crippen LogP contribution in [0.4, 0.5) is 0 Å². The molecule has 0 radical (unpaired) electrons. The Kier molecular flexibility index (Phi) is 3.50. The Hall–Kier alpha value is -0.600. The smallest absolute Gasteiger partial charge is 0.0959 e. The number of hydrogen-bond donors (Lipinski definition) is 1. The molecule has 1 rings (SSSR count). The predicted molar refractivity (Wildman–Crippen MR) is 49.1 cm³/mol. The van der Waals surface area contributed by atoms with Crippen LogP contribution in [0.2, 0.25) is 5.02 Å². The Morgan fingerprint density at radius 3 is 2.83 bits per heavy atom. The number of halogens is 1. The summed E-state index contributed by atoms with van der Waals surface area (Å²) >= 11 is 5.65. The number of rotatable bonds is 3. The molecule has 0 aliphatic carbocycles. The molecule has 3 heteroatoms. The third kappa shape index (κ3) is 2.47. The summed E-state index contributed by atoms with van der Waals surface area (Å²) in [7, 11) is 0. The maximum atomic E-state index is 9.51. The summed E-state index contributed by atoms with van der Waals surface area (Å²) in [6.07, 6.45) is 2.79. The summed E-state index contributed by atoms with van der Waals surface area (Å²) in [6, 6.07) is 3.49. The van der Waals surface area contributed by atoms with Crippen molar-refractivity contribution in [1.82, 2.24) is 4.98 Å². The normalized spacial score (nSPS) is 12.9. The van der Waals surface area contributed by atoms with Gasteiger partial charge in [-0.05, 0) is 18.6 Å². The third-order valence-corrected chi connectivity index (χ3v) is 1.88. The first-order valence-electron chi connectivity index (χ1n) is 4.03. The Balaban J connectivity index is 2.68. The second-order valence-electron chi connectivity index (χ2n) is 2.71. The van der Waals surface area contributed by atoms with E-state index < -0.39 is 6.10 Å². The molecule has 1 aromatic heterocycles. The van der Waals surface area contributed by atoms with Crippen molar-refractivity contribution >= 4 is 11.6 Å². The van der Waals surface area contributed by atoms with Crippen molar-refractivity contribution in [2.45, 2.75) is 25.9 Å². The Morgan fingerprint density at radius 1 is 1.58 bits per heavy atom. The van der Waals surface area contributed by atoms with Crippen LogP contribution in [0.15, 0.2) is 18.3 Å². The van der Waals surface area contributed by atoms with Gasteiger partial charge in [-0.3, -0.25) is 4.98 Å². The van der Waals surface area contributed by atoms with Crippen molar-refractivity contribution < 1.29 is 5.11 Å². The molecular formula is C9H12ClNO. The molecule has 0 amide bonds. The van der Waals surface area contributed by atoms with E-state index in [1.54, 1.807) is 18.3 Å². The Morgan fingerprint density at radius 2 is 2.33 bits per heavy atom. The summed E-state index contributed by atoms with van der Waals surface area (Å²) in [5.41, 5.74) is 0.696. The molecule has 1 atom stereocenters. The minimum absolute atomic E-state index is 0.452. The van der Waals surface area contributed by atoms with Gasteiger partial charge < -0.3 is 5.11 Å². The highest BCUT2D eigenvalue weighted by Gasteiger charge is 2.06. The molecule has 1 unspecified atom stereocenters. The van der Waals surface area contributed by atoms with Gasteiger partial charge in [0.15, 0.2) is 0 Å². The summed E-state index contributed by atoms with van der Waals surface area (Å²) in [6.45, 7) is 2.03. The largest absolute Gasteiger partial charge is 0.387 e. The molecule has 0 aliphatic heterocycles. The van der Waals surface area contributed by atoms with Gasteiger partial charge in [0.25, 0.3) is 0 Å². The monoisotopic (exact) mass is 185 g/mol. The van der Waals surface area contributed by atoms with Crippen molar-refractivity contribution in [2.24, 2.45) is 0 Å². The number of aromatic nitrogens is 1. The fourth-order valence-corrected chi connectivity index (χ4v) is 1.12. The molecule has 0 spiro atoms. The minimum Gasteiger partial charge on any atom is -0.387 e. The zero-order valence-corrected chi connectivity index (χ0v) is 7.75. The van der Waals surface area contributed by atoms with Gasteiger partial charge in [0, 0.05) is 6.20 Å². The predicted octanol–water partition coefficient (Wildman–Crippen LogP) is 2.57. The molecule has 0 fully saturated rings. The van der Waals surface area contributed by atoms with Crippen LogP contribution in [0.3, 0.4) is 0 Å². The van der Waals surface area contributed by atoms with Crippen LogP contribution >= 0.6 is 11.6 Å².